The maximum Gasteiger partial charge on any atom is 0.233 e. The number of benzene rings is 1. The lowest BCUT2D eigenvalue weighted by molar-refractivity contribution is -0.142. The number of piperazine rings is 1. The Labute approximate surface area is 176 Å². The van der Waals surface area contributed by atoms with Crippen LogP contribution >= 0.6 is 11.6 Å². The summed E-state index contributed by atoms with van der Waals surface area (Å²) in [5.41, 5.74) is 1.12. The van der Waals surface area contributed by atoms with Gasteiger partial charge in [0.2, 0.25) is 11.8 Å². The van der Waals surface area contributed by atoms with Crippen molar-refractivity contribution in [3.63, 3.8) is 0 Å². The fraction of sp³-hybridized carbons (Fsp3) is 0.636. The predicted octanol–water partition coefficient (Wildman–Crippen LogP) is 1.85. The van der Waals surface area contributed by atoms with Gasteiger partial charge in [0.25, 0.3) is 0 Å². The van der Waals surface area contributed by atoms with E-state index in [-0.39, 0.29) is 30.2 Å². The molecule has 2 bridgehead atoms. The third kappa shape index (κ3) is 3.45. The van der Waals surface area contributed by atoms with E-state index in [0.29, 0.717) is 18.4 Å². The molecular weight excluding hydrogens is 390 g/mol. The van der Waals surface area contributed by atoms with Crippen molar-refractivity contribution in [3.05, 3.63) is 29.3 Å². The van der Waals surface area contributed by atoms with Crippen LogP contribution in [0.2, 0.25) is 5.02 Å². The standard InChI is InChI=1S/C22H28ClN3O3/c23-16-2-1-3-17(11-16)25-8-6-24(7-9-25)12-18(27)13-26-21(28)19-14-4-5-15(10-14)20(19)22(26)29/h1-3,11,14-15,18-20,27H,4-10,12-13H2/t14-,15?,18?,19-,20?/m0/s1. The SMILES string of the molecule is O=C1C2C3CC[C@@H](C3)[C@@H]2C(=O)N1CC(O)CN1CCN(c2cccc(Cl)c2)CC1. The number of aliphatic hydroxyl groups excluding tert-OH is 1. The number of aliphatic hydroxyl groups is 1. The number of likely N-dealkylation sites (tertiary alicyclic amines) is 1. The molecule has 2 saturated carbocycles. The maximum atomic E-state index is 12.8. The van der Waals surface area contributed by atoms with Gasteiger partial charge in [0.15, 0.2) is 0 Å². The first-order chi connectivity index (χ1) is 14.0. The molecule has 0 spiro atoms. The van der Waals surface area contributed by atoms with Crippen LogP contribution in [-0.2, 0) is 9.59 Å². The number of hydrogen-bond donors (Lipinski definition) is 1. The molecule has 5 rings (SSSR count). The number of β-amino-alcohol motifs (C(OH)–C–C–N with tert-alkyl or cyclic N) is 1. The minimum Gasteiger partial charge on any atom is -0.390 e. The summed E-state index contributed by atoms with van der Waals surface area (Å²) in [5, 5.41) is 11.3. The van der Waals surface area contributed by atoms with Crippen molar-refractivity contribution in [2.45, 2.75) is 25.4 Å². The van der Waals surface area contributed by atoms with E-state index in [0.717, 1.165) is 56.2 Å². The molecule has 2 aliphatic heterocycles. The molecule has 2 saturated heterocycles. The topological polar surface area (TPSA) is 64.1 Å². The second-order valence-electron chi connectivity index (χ2n) is 9.09. The van der Waals surface area contributed by atoms with Crippen LogP contribution in [0.4, 0.5) is 5.69 Å². The quantitative estimate of drug-likeness (QED) is 0.741. The predicted molar refractivity (Wildman–Crippen MR) is 111 cm³/mol. The fourth-order valence-electron chi connectivity index (χ4n) is 6.08. The second kappa shape index (κ2) is 7.56. The summed E-state index contributed by atoms with van der Waals surface area (Å²) in [7, 11) is 0. The minimum atomic E-state index is -0.697. The average molecular weight is 418 g/mol. The van der Waals surface area contributed by atoms with Crippen LogP contribution in [0.15, 0.2) is 24.3 Å². The van der Waals surface area contributed by atoms with E-state index >= 15 is 0 Å². The maximum absolute atomic E-state index is 12.8. The van der Waals surface area contributed by atoms with Gasteiger partial charge in [-0.15, -0.1) is 0 Å². The summed E-state index contributed by atoms with van der Waals surface area (Å²) in [6.07, 6.45) is 2.51. The number of amides is 2. The third-order valence-electron chi connectivity index (χ3n) is 7.43. The van der Waals surface area contributed by atoms with Gasteiger partial charge in [0.05, 0.1) is 24.5 Å². The molecule has 1 N–H and O–H groups in total. The molecule has 2 amide bonds. The number of imide groups is 1. The molecule has 5 atom stereocenters. The van der Waals surface area contributed by atoms with Gasteiger partial charge in [-0.2, -0.15) is 0 Å². The number of hydrogen-bond acceptors (Lipinski definition) is 5. The molecule has 3 unspecified atom stereocenters. The molecule has 6 nitrogen and oxygen atoms in total. The molecule has 2 aliphatic carbocycles. The number of carbonyl (C=O) groups is 2. The van der Waals surface area contributed by atoms with E-state index in [2.05, 4.69) is 15.9 Å². The molecular formula is C22H28ClN3O3. The van der Waals surface area contributed by atoms with Crippen LogP contribution < -0.4 is 4.90 Å². The first kappa shape index (κ1) is 19.3. The average Bonchev–Trinajstić information content (AvgIpc) is 3.39. The Bertz CT molecular complexity index is 782. The van der Waals surface area contributed by atoms with Crippen LogP contribution in [0.5, 0.6) is 0 Å². The van der Waals surface area contributed by atoms with Gasteiger partial charge in [0, 0.05) is 43.4 Å². The van der Waals surface area contributed by atoms with Crippen molar-refractivity contribution >= 4 is 29.1 Å². The zero-order chi connectivity index (χ0) is 20.1. The van der Waals surface area contributed by atoms with E-state index in [9.17, 15) is 14.7 Å². The van der Waals surface area contributed by atoms with Gasteiger partial charge in [-0.3, -0.25) is 19.4 Å². The van der Waals surface area contributed by atoms with Crippen molar-refractivity contribution in [2.24, 2.45) is 23.7 Å². The Morgan fingerprint density at radius 1 is 1.00 bits per heavy atom. The molecule has 156 valence electrons. The van der Waals surface area contributed by atoms with Gasteiger partial charge >= 0.3 is 0 Å². The molecule has 0 aromatic heterocycles. The highest BCUT2D eigenvalue weighted by atomic mass is 35.5. The lowest BCUT2D eigenvalue weighted by Crippen LogP contribution is -2.50. The summed E-state index contributed by atoms with van der Waals surface area (Å²) in [5.74, 6) is 0.518. The van der Waals surface area contributed by atoms with E-state index in [4.69, 9.17) is 11.6 Å². The molecule has 2 heterocycles. The van der Waals surface area contributed by atoms with Gasteiger partial charge < -0.3 is 10.0 Å². The van der Waals surface area contributed by atoms with Crippen molar-refractivity contribution < 1.29 is 14.7 Å². The number of carbonyl (C=O) groups excluding carboxylic acids is 2. The second-order valence-corrected chi connectivity index (χ2v) is 9.53. The van der Waals surface area contributed by atoms with Crippen LogP contribution in [-0.4, -0.2) is 72.1 Å². The molecule has 4 fully saturated rings. The molecule has 0 radical (unpaired) electrons. The first-order valence-electron chi connectivity index (χ1n) is 10.8. The lowest BCUT2D eigenvalue weighted by Gasteiger charge is -2.37. The smallest absolute Gasteiger partial charge is 0.233 e. The normalized spacial score (nSPS) is 32.9. The Kier molecular flexibility index (Phi) is 5.04. The zero-order valence-corrected chi connectivity index (χ0v) is 17.3. The summed E-state index contributed by atoms with van der Waals surface area (Å²) >= 11 is 6.09. The third-order valence-corrected chi connectivity index (χ3v) is 7.66. The summed E-state index contributed by atoms with van der Waals surface area (Å²) < 4.78 is 0. The van der Waals surface area contributed by atoms with E-state index in [1.165, 1.54) is 4.90 Å². The number of nitrogens with zero attached hydrogens (tertiary/aromatic N) is 3. The lowest BCUT2D eigenvalue weighted by atomic mass is 9.81. The van der Waals surface area contributed by atoms with Crippen LogP contribution in [0.3, 0.4) is 0 Å². The number of rotatable bonds is 5. The van der Waals surface area contributed by atoms with Crippen molar-refractivity contribution in [1.29, 1.82) is 0 Å². The Hall–Kier alpha value is -1.63. The number of fused-ring (bicyclic) bond motifs is 5. The van der Waals surface area contributed by atoms with E-state index in [1.807, 2.05) is 18.2 Å². The Balaban J connectivity index is 1.14. The van der Waals surface area contributed by atoms with E-state index in [1.54, 1.807) is 0 Å². The molecule has 1 aromatic carbocycles. The van der Waals surface area contributed by atoms with Crippen molar-refractivity contribution in [3.8, 4) is 0 Å². The van der Waals surface area contributed by atoms with Gasteiger partial charge in [0.1, 0.15) is 0 Å². The largest absolute Gasteiger partial charge is 0.390 e. The minimum absolute atomic E-state index is 0.0305. The molecule has 7 heteroatoms. The van der Waals surface area contributed by atoms with Crippen LogP contribution in [0, 0.1) is 23.7 Å². The zero-order valence-electron chi connectivity index (χ0n) is 16.5. The number of anilines is 1. The first-order valence-corrected chi connectivity index (χ1v) is 11.1. The molecule has 1 aromatic rings. The highest BCUT2D eigenvalue weighted by Gasteiger charge is 2.60. The Morgan fingerprint density at radius 3 is 2.28 bits per heavy atom. The molecule has 29 heavy (non-hydrogen) atoms. The summed E-state index contributed by atoms with van der Waals surface area (Å²) in [6, 6.07) is 7.86. The highest BCUT2D eigenvalue weighted by Crippen LogP contribution is 2.56. The van der Waals surface area contributed by atoms with Gasteiger partial charge in [-0.1, -0.05) is 17.7 Å². The highest BCUT2D eigenvalue weighted by molar-refractivity contribution is 6.30. The summed E-state index contributed by atoms with van der Waals surface area (Å²) in [4.78, 5) is 31.5. The fourth-order valence-corrected chi connectivity index (χ4v) is 6.26. The molecule has 4 aliphatic rings. The van der Waals surface area contributed by atoms with Gasteiger partial charge in [-0.05, 0) is 49.3 Å². The van der Waals surface area contributed by atoms with Crippen molar-refractivity contribution in [2.75, 3.05) is 44.2 Å². The van der Waals surface area contributed by atoms with Crippen LogP contribution in [0.1, 0.15) is 19.3 Å². The Morgan fingerprint density at radius 2 is 1.66 bits per heavy atom. The van der Waals surface area contributed by atoms with Gasteiger partial charge in [-0.25, -0.2) is 0 Å². The van der Waals surface area contributed by atoms with Crippen molar-refractivity contribution in [1.82, 2.24) is 9.80 Å². The monoisotopic (exact) mass is 417 g/mol. The number of halogens is 1. The summed E-state index contributed by atoms with van der Waals surface area (Å²) in [6.45, 7) is 4.02. The van der Waals surface area contributed by atoms with E-state index < -0.39 is 6.10 Å². The van der Waals surface area contributed by atoms with Crippen LogP contribution in [0.25, 0.3) is 0 Å².